The highest BCUT2D eigenvalue weighted by atomic mass is 15.2. The zero-order valence-electron chi connectivity index (χ0n) is 12.4. The van der Waals surface area contributed by atoms with E-state index in [2.05, 4.69) is 48.1 Å². The normalized spacial score (nSPS) is 10.7. The lowest BCUT2D eigenvalue weighted by Crippen LogP contribution is -2.20. The molecule has 0 unspecified atom stereocenters. The summed E-state index contributed by atoms with van der Waals surface area (Å²) in [5.74, 6) is 1.04. The molecule has 106 valence electrons. The molecule has 3 nitrogen and oxygen atoms in total. The van der Waals surface area contributed by atoms with Gasteiger partial charge in [0.1, 0.15) is 5.82 Å². The third kappa shape index (κ3) is 3.36. The third-order valence-electron chi connectivity index (χ3n) is 3.45. The summed E-state index contributed by atoms with van der Waals surface area (Å²) in [6, 6.07) is 10.5. The highest BCUT2D eigenvalue weighted by Gasteiger charge is 2.08. The second-order valence-electron chi connectivity index (χ2n) is 5.04. The molecular weight excluding hydrogens is 246 g/mol. The van der Waals surface area contributed by atoms with Crippen LogP contribution in [-0.2, 0) is 6.54 Å². The van der Waals surface area contributed by atoms with Gasteiger partial charge >= 0.3 is 0 Å². The number of hydrogen-bond acceptors (Lipinski definition) is 3. The average molecular weight is 269 g/mol. The topological polar surface area (TPSA) is 28.2 Å². The first-order valence-corrected chi connectivity index (χ1v) is 7.11. The molecule has 3 heteroatoms. The molecule has 0 radical (unpaired) electrons. The van der Waals surface area contributed by atoms with Gasteiger partial charge in [0, 0.05) is 25.5 Å². The molecule has 2 rings (SSSR count). The first kappa shape index (κ1) is 14.5. The number of pyridine rings is 1. The Hall–Kier alpha value is -1.87. The first-order chi connectivity index (χ1) is 9.76. The maximum Gasteiger partial charge on any atom is 0.129 e. The van der Waals surface area contributed by atoms with Gasteiger partial charge in [0.05, 0.1) is 5.52 Å². The van der Waals surface area contributed by atoms with Crippen LogP contribution in [0.5, 0.6) is 0 Å². The number of rotatable bonds is 7. The molecular formula is C17H23N3. The fourth-order valence-corrected chi connectivity index (χ4v) is 2.35. The molecule has 20 heavy (non-hydrogen) atoms. The molecule has 1 aromatic heterocycles. The fraction of sp³-hybridized carbons (Fsp3) is 0.353. The molecule has 2 aromatic rings. The van der Waals surface area contributed by atoms with Crippen molar-refractivity contribution in [2.24, 2.45) is 0 Å². The van der Waals surface area contributed by atoms with Gasteiger partial charge in [-0.15, -0.1) is 6.58 Å². The van der Waals surface area contributed by atoms with Crippen molar-refractivity contribution in [3.63, 3.8) is 0 Å². The van der Waals surface area contributed by atoms with Gasteiger partial charge < -0.3 is 10.2 Å². The van der Waals surface area contributed by atoms with E-state index in [1.54, 1.807) is 0 Å². The van der Waals surface area contributed by atoms with Gasteiger partial charge in [0.15, 0.2) is 0 Å². The van der Waals surface area contributed by atoms with Gasteiger partial charge in [0.25, 0.3) is 0 Å². The summed E-state index contributed by atoms with van der Waals surface area (Å²) in [6.45, 7) is 5.62. The summed E-state index contributed by atoms with van der Waals surface area (Å²) in [6.07, 6.45) is 4.12. The Kier molecular flexibility index (Phi) is 5.13. The van der Waals surface area contributed by atoms with Crippen LogP contribution in [0.15, 0.2) is 43.0 Å². The Morgan fingerprint density at radius 1 is 1.35 bits per heavy atom. The minimum atomic E-state index is 0.858. The largest absolute Gasteiger partial charge is 0.360 e. The summed E-state index contributed by atoms with van der Waals surface area (Å²) < 4.78 is 0. The van der Waals surface area contributed by atoms with Crippen LogP contribution >= 0.6 is 0 Å². The monoisotopic (exact) mass is 269 g/mol. The summed E-state index contributed by atoms with van der Waals surface area (Å²) in [4.78, 5) is 6.99. The first-order valence-electron chi connectivity index (χ1n) is 7.11. The second-order valence-corrected chi connectivity index (χ2v) is 5.04. The molecule has 0 aliphatic rings. The molecule has 0 amide bonds. The molecule has 1 aromatic carbocycles. The Bertz CT molecular complexity index is 577. The molecule has 0 aliphatic heterocycles. The summed E-state index contributed by atoms with van der Waals surface area (Å²) in [5, 5.41) is 4.46. The lowest BCUT2D eigenvalue weighted by Gasteiger charge is -2.19. The Labute approximate surface area is 121 Å². The SMILES string of the molecule is C=CCCCN(C)c1cc(CNC)c2ccccc2n1. The lowest BCUT2D eigenvalue weighted by atomic mass is 10.1. The number of unbranched alkanes of at least 4 members (excludes halogenated alkanes) is 1. The molecule has 1 heterocycles. The quantitative estimate of drug-likeness (QED) is 0.617. The zero-order chi connectivity index (χ0) is 14.4. The molecule has 0 spiro atoms. The molecule has 0 fully saturated rings. The van der Waals surface area contributed by atoms with E-state index in [1.165, 1.54) is 10.9 Å². The molecule has 1 N–H and O–H groups in total. The van der Waals surface area contributed by atoms with Crippen molar-refractivity contribution in [2.75, 3.05) is 25.5 Å². The Morgan fingerprint density at radius 2 is 2.15 bits per heavy atom. The highest BCUT2D eigenvalue weighted by Crippen LogP contribution is 2.22. The molecule has 0 aliphatic carbocycles. The molecule has 0 bridgehead atoms. The van der Waals surface area contributed by atoms with Crippen LogP contribution in [0.25, 0.3) is 10.9 Å². The average Bonchev–Trinajstić information content (AvgIpc) is 2.47. The van der Waals surface area contributed by atoms with E-state index >= 15 is 0 Å². The van der Waals surface area contributed by atoms with Crippen molar-refractivity contribution in [3.05, 3.63) is 48.6 Å². The lowest BCUT2D eigenvalue weighted by molar-refractivity contribution is 0.788. The van der Waals surface area contributed by atoms with E-state index in [4.69, 9.17) is 4.98 Å². The van der Waals surface area contributed by atoms with E-state index < -0.39 is 0 Å². The maximum absolute atomic E-state index is 4.77. The number of para-hydroxylation sites is 1. The molecule has 0 saturated carbocycles. The van der Waals surface area contributed by atoms with Crippen LogP contribution in [0.4, 0.5) is 5.82 Å². The Balaban J connectivity index is 2.31. The van der Waals surface area contributed by atoms with Crippen LogP contribution in [-0.4, -0.2) is 25.6 Å². The fourth-order valence-electron chi connectivity index (χ4n) is 2.35. The summed E-state index contributed by atoms with van der Waals surface area (Å²) >= 11 is 0. The van der Waals surface area contributed by atoms with E-state index in [0.717, 1.165) is 37.3 Å². The number of nitrogens with zero attached hydrogens (tertiary/aromatic N) is 2. The predicted molar refractivity (Wildman–Crippen MR) is 87.2 cm³/mol. The van der Waals surface area contributed by atoms with Gasteiger partial charge in [-0.05, 0) is 37.6 Å². The number of anilines is 1. The Morgan fingerprint density at radius 3 is 2.90 bits per heavy atom. The van der Waals surface area contributed by atoms with Gasteiger partial charge in [-0.2, -0.15) is 0 Å². The second kappa shape index (κ2) is 7.06. The zero-order valence-corrected chi connectivity index (χ0v) is 12.4. The van der Waals surface area contributed by atoms with Gasteiger partial charge in [0.2, 0.25) is 0 Å². The van der Waals surface area contributed by atoms with E-state index in [1.807, 2.05) is 19.2 Å². The molecule has 0 saturated heterocycles. The smallest absolute Gasteiger partial charge is 0.129 e. The predicted octanol–water partition coefficient (Wildman–Crippen LogP) is 3.36. The van der Waals surface area contributed by atoms with E-state index in [-0.39, 0.29) is 0 Å². The minimum absolute atomic E-state index is 0.858. The number of allylic oxidation sites excluding steroid dienone is 1. The van der Waals surface area contributed by atoms with E-state index in [0.29, 0.717) is 0 Å². The van der Waals surface area contributed by atoms with Crippen LogP contribution in [0.3, 0.4) is 0 Å². The number of hydrogen-bond donors (Lipinski definition) is 1. The summed E-state index contributed by atoms with van der Waals surface area (Å²) in [5.41, 5.74) is 2.36. The number of fused-ring (bicyclic) bond motifs is 1. The summed E-state index contributed by atoms with van der Waals surface area (Å²) in [7, 11) is 4.08. The van der Waals surface area contributed by atoms with Crippen molar-refractivity contribution in [1.29, 1.82) is 0 Å². The third-order valence-corrected chi connectivity index (χ3v) is 3.45. The van der Waals surface area contributed by atoms with Crippen molar-refractivity contribution in [1.82, 2.24) is 10.3 Å². The van der Waals surface area contributed by atoms with Crippen LogP contribution in [0, 0.1) is 0 Å². The maximum atomic E-state index is 4.77. The molecule has 0 atom stereocenters. The standard InChI is InChI=1S/C17H23N3/c1-4-5-8-11-20(3)17-12-14(13-18-2)15-9-6-7-10-16(15)19-17/h4,6-7,9-10,12,18H,1,5,8,11,13H2,2-3H3. The van der Waals surface area contributed by atoms with Crippen LogP contribution in [0.2, 0.25) is 0 Å². The number of aromatic nitrogens is 1. The van der Waals surface area contributed by atoms with Crippen molar-refractivity contribution >= 4 is 16.7 Å². The van der Waals surface area contributed by atoms with Gasteiger partial charge in [-0.1, -0.05) is 24.3 Å². The number of benzene rings is 1. The van der Waals surface area contributed by atoms with Crippen molar-refractivity contribution in [2.45, 2.75) is 19.4 Å². The highest BCUT2D eigenvalue weighted by molar-refractivity contribution is 5.84. The van der Waals surface area contributed by atoms with E-state index in [9.17, 15) is 0 Å². The minimum Gasteiger partial charge on any atom is -0.360 e. The van der Waals surface area contributed by atoms with Crippen molar-refractivity contribution < 1.29 is 0 Å². The number of nitrogens with one attached hydrogen (secondary N) is 1. The van der Waals surface area contributed by atoms with Gasteiger partial charge in [-0.3, -0.25) is 0 Å². The van der Waals surface area contributed by atoms with Crippen LogP contribution in [0.1, 0.15) is 18.4 Å². The van der Waals surface area contributed by atoms with Crippen LogP contribution < -0.4 is 10.2 Å². The van der Waals surface area contributed by atoms with Gasteiger partial charge in [-0.25, -0.2) is 4.98 Å². The van der Waals surface area contributed by atoms with Crippen molar-refractivity contribution in [3.8, 4) is 0 Å².